The van der Waals surface area contributed by atoms with Crippen LogP contribution in [-0.2, 0) is 10.8 Å². The summed E-state index contributed by atoms with van der Waals surface area (Å²) in [5.41, 5.74) is 8.33. The lowest BCUT2D eigenvalue weighted by Gasteiger charge is -2.34. The molecule has 0 bridgehead atoms. The van der Waals surface area contributed by atoms with Crippen molar-refractivity contribution in [3.63, 3.8) is 0 Å². The Hall–Kier alpha value is -3.70. The number of hydrogen-bond donors (Lipinski definition) is 2. The van der Waals surface area contributed by atoms with Gasteiger partial charge in [-0.3, -0.25) is 0 Å². The van der Waals surface area contributed by atoms with Gasteiger partial charge in [0.2, 0.25) is 5.69 Å². The Morgan fingerprint density at radius 3 is 2.21 bits per heavy atom. The molecule has 2 aliphatic heterocycles. The lowest BCUT2D eigenvalue weighted by atomic mass is 9.77. The number of anilines is 1. The zero-order valence-electron chi connectivity index (χ0n) is 28.1. The highest BCUT2D eigenvalue weighted by Crippen LogP contribution is 2.50. The van der Waals surface area contributed by atoms with Gasteiger partial charge < -0.3 is 15.1 Å². The van der Waals surface area contributed by atoms with E-state index < -0.39 is 0 Å². The van der Waals surface area contributed by atoms with Crippen LogP contribution in [0.2, 0.25) is 0 Å². The Balaban J connectivity index is 1.21. The van der Waals surface area contributed by atoms with Crippen molar-refractivity contribution in [3.8, 4) is 0 Å². The quantitative estimate of drug-likeness (QED) is 0.188. The van der Waals surface area contributed by atoms with Crippen LogP contribution in [-0.4, -0.2) is 52.8 Å². The van der Waals surface area contributed by atoms with Gasteiger partial charge in [0, 0.05) is 46.4 Å². The second-order valence-corrected chi connectivity index (χ2v) is 14.8. The van der Waals surface area contributed by atoms with E-state index in [2.05, 4.69) is 128 Å². The summed E-state index contributed by atoms with van der Waals surface area (Å²) in [6.07, 6.45) is 10.7. The van der Waals surface area contributed by atoms with Gasteiger partial charge in [-0.05, 0) is 89.9 Å². The number of nitrogens with zero attached hydrogens (tertiary/aromatic N) is 2. The molecule has 5 heteroatoms. The van der Waals surface area contributed by atoms with Crippen LogP contribution >= 0.6 is 11.6 Å². The van der Waals surface area contributed by atoms with Crippen LogP contribution in [0.5, 0.6) is 0 Å². The summed E-state index contributed by atoms with van der Waals surface area (Å²) in [4.78, 5) is 2.41. The zero-order chi connectivity index (χ0) is 32.9. The fourth-order valence-electron chi connectivity index (χ4n) is 8.76. The number of allylic oxidation sites excluding steroid dienone is 5. The Kier molecular flexibility index (Phi) is 8.41. The van der Waals surface area contributed by atoms with Gasteiger partial charge in [-0.1, -0.05) is 92.2 Å². The van der Waals surface area contributed by atoms with Gasteiger partial charge in [0.15, 0.2) is 12.3 Å². The van der Waals surface area contributed by atoms with Crippen LogP contribution in [0, 0.1) is 0 Å². The average molecular weight is 646 g/mol. The van der Waals surface area contributed by atoms with Crippen LogP contribution in [0.15, 0.2) is 107 Å². The maximum Gasteiger partial charge on any atom is 0.210 e. The fraction of sp³-hybridized carbons (Fsp3) is 0.357. The van der Waals surface area contributed by atoms with Gasteiger partial charge in [0.05, 0.1) is 12.0 Å². The van der Waals surface area contributed by atoms with Crippen LogP contribution in [0.25, 0.3) is 21.5 Å². The molecule has 0 amide bonds. The van der Waals surface area contributed by atoms with Crippen LogP contribution in [0.3, 0.4) is 0 Å². The molecule has 4 nitrogen and oxygen atoms in total. The fourth-order valence-corrected chi connectivity index (χ4v) is 9.09. The summed E-state index contributed by atoms with van der Waals surface area (Å²) in [6.45, 7) is 10.6. The molecule has 0 saturated carbocycles. The Bertz CT molecular complexity index is 2000. The summed E-state index contributed by atoms with van der Waals surface area (Å²) in [7, 11) is 0. The first kappa shape index (κ1) is 31.9. The van der Waals surface area contributed by atoms with Crippen LogP contribution in [0.4, 0.5) is 11.4 Å². The molecular formula is C42H46ClN2O2+. The molecule has 242 valence electrons. The molecule has 1 atom stereocenters. The standard InChI is InChI=1S/C42H46ClN2O2/c1-41(2)36(44(24-26-46)34-20-16-28-10-5-7-14-32(28)38(34)41)22-18-30-12-9-13-31(40(30)43)19-23-37-42(3,4)39-33-15-8-6-11-29(33)17-21-35(39)45(37)25-27-47/h5-8,10-11,14-22,37,46-47H,9,12-13,23-27H2,1-4H3/q+1. The zero-order valence-corrected chi connectivity index (χ0v) is 28.8. The first-order chi connectivity index (χ1) is 22.7. The van der Waals surface area contributed by atoms with Crippen molar-refractivity contribution in [2.75, 3.05) is 31.2 Å². The molecule has 4 aromatic carbocycles. The number of aliphatic hydroxyl groups is 2. The summed E-state index contributed by atoms with van der Waals surface area (Å²) in [5.74, 6) is 0. The highest BCUT2D eigenvalue weighted by atomic mass is 35.5. The van der Waals surface area contributed by atoms with E-state index in [-0.39, 0.29) is 30.1 Å². The van der Waals surface area contributed by atoms with E-state index in [1.54, 1.807) is 0 Å². The van der Waals surface area contributed by atoms with Crippen molar-refractivity contribution >= 4 is 50.2 Å². The minimum Gasteiger partial charge on any atom is -0.395 e. The van der Waals surface area contributed by atoms with Crippen molar-refractivity contribution in [2.45, 2.75) is 70.3 Å². The smallest absolute Gasteiger partial charge is 0.210 e. The minimum absolute atomic E-state index is 0.0838. The molecule has 3 aliphatic rings. The maximum atomic E-state index is 10.1. The van der Waals surface area contributed by atoms with Crippen LogP contribution in [0.1, 0.15) is 64.5 Å². The molecule has 0 saturated heterocycles. The van der Waals surface area contributed by atoms with E-state index in [0.29, 0.717) is 13.1 Å². The molecule has 0 aromatic heterocycles. The monoisotopic (exact) mass is 645 g/mol. The minimum atomic E-state index is -0.231. The van der Waals surface area contributed by atoms with Gasteiger partial charge in [0.25, 0.3) is 0 Å². The number of rotatable bonds is 8. The number of benzene rings is 4. The average Bonchev–Trinajstić information content (AvgIpc) is 3.42. The second-order valence-electron chi connectivity index (χ2n) is 14.4. The summed E-state index contributed by atoms with van der Waals surface area (Å²) < 4.78 is 2.28. The lowest BCUT2D eigenvalue weighted by Crippen LogP contribution is -2.42. The Labute approximate surface area is 284 Å². The summed E-state index contributed by atoms with van der Waals surface area (Å²) in [5, 5.41) is 26.1. The molecule has 4 aromatic rings. The third kappa shape index (κ3) is 5.26. The van der Waals surface area contributed by atoms with Gasteiger partial charge in [-0.2, -0.15) is 4.58 Å². The van der Waals surface area contributed by atoms with Crippen molar-refractivity contribution in [1.29, 1.82) is 0 Å². The highest BCUT2D eigenvalue weighted by molar-refractivity contribution is 6.32. The van der Waals surface area contributed by atoms with E-state index in [4.69, 9.17) is 11.6 Å². The number of β-amino-alcohol motifs (C(OH)–C–C–N with tert-alkyl or cyclic N) is 2. The van der Waals surface area contributed by atoms with E-state index >= 15 is 0 Å². The third-order valence-corrected chi connectivity index (χ3v) is 11.5. The maximum absolute atomic E-state index is 10.1. The summed E-state index contributed by atoms with van der Waals surface area (Å²) in [6, 6.07) is 26.3. The Morgan fingerprint density at radius 1 is 0.830 bits per heavy atom. The molecular weight excluding hydrogens is 600 g/mol. The molecule has 2 heterocycles. The van der Waals surface area contributed by atoms with Crippen molar-refractivity contribution < 1.29 is 14.8 Å². The molecule has 47 heavy (non-hydrogen) atoms. The van der Waals surface area contributed by atoms with Crippen molar-refractivity contribution in [3.05, 3.63) is 118 Å². The summed E-state index contributed by atoms with van der Waals surface area (Å²) >= 11 is 7.23. The lowest BCUT2D eigenvalue weighted by molar-refractivity contribution is -0.440. The highest BCUT2D eigenvalue weighted by Gasteiger charge is 2.46. The molecule has 7 rings (SSSR count). The van der Waals surface area contributed by atoms with E-state index in [1.165, 1.54) is 60.9 Å². The van der Waals surface area contributed by atoms with Crippen molar-refractivity contribution in [2.24, 2.45) is 0 Å². The molecule has 1 unspecified atom stereocenters. The van der Waals surface area contributed by atoms with Crippen LogP contribution < -0.4 is 4.90 Å². The number of aliphatic hydroxyl groups excluding tert-OH is 2. The topological polar surface area (TPSA) is 46.7 Å². The number of fused-ring (bicyclic) bond motifs is 6. The predicted molar refractivity (Wildman–Crippen MR) is 198 cm³/mol. The molecule has 0 radical (unpaired) electrons. The van der Waals surface area contributed by atoms with E-state index in [9.17, 15) is 10.2 Å². The largest absolute Gasteiger partial charge is 0.395 e. The molecule has 0 spiro atoms. The molecule has 2 N–H and O–H groups in total. The van der Waals surface area contributed by atoms with Gasteiger partial charge in [-0.25, -0.2) is 0 Å². The first-order valence-electron chi connectivity index (χ1n) is 17.1. The van der Waals surface area contributed by atoms with Gasteiger partial charge >= 0.3 is 0 Å². The van der Waals surface area contributed by atoms with E-state index in [1.807, 2.05) is 0 Å². The normalized spacial score (nSPS) is 21.1. The SMILES string of the molecule is CC1(C)C(C=CC2=C(Cl)C(=CCC3N(CCO)c4ccc5ccccc5c4C3(C)C)CCC2)=[N+](CCO)c2ccc3ccccc3c21. The third-order valence-electron chi connectivity index (χ3n) is 11.0. The molecule has 0 fully saturated rings. The van der Waals surface area contributed by atoms with E-state index in [0.717, 1.165) is 30.7 Å². The van der Waals surface area contributed by atoms with Gasteiger partial charge in [0.1, 0.15) is 6.61 Å². The predicted octanol–water partition coefficient (Wildman–Crippen LogP) is 9.07. The molecule has 1 aliphatic carbocycles. The number of hydrogen-bond acceptors (Lipinski definition) is 3. The second kappa shape index (κ2) is 12.4. The Morgan fingerprint density at radius 2 is 1.51 bits per heavy atom. The number of halogens is 1. The van der Waals surface area contributed by atoms with Crippen molar-refractivity contribution in [1.82, 2.24) is 0 Å². The first-order valence-corrected chi connectivity index (χ1v) is 17.5. The van der Waals surface area contributed by atoms with Gasteiger partial charge in [-0.15, -0.1) is 0 Å².